The van der Waals surface area contributed by atoms with Gasteiger partial charge in [-0.25, -0.2) is 4.98 Å². The smallest absolute Gasteiger partial charge is 0.225 e. The number of unbranched alkanes of at least 4 members (excludes halogenated alkanes) is 3. The molecule has 1 heterocycles. The first kappa shape index (κ1) is 13.0. The van der Waals surface area contributed by atoms with Crippen LogP contribution in [-0.4, -0.2) is 29.5 Å². The molecule has 0 saturated heterocycles. The van der Waals surface area contributed by atoms with E-state index < -0.39 is 0 Å². The van der Waals surface area contributed by atoms with Gasteiger partial charge in [-0.3, -0.25) is 0 Å². The molecule has 0 atom stereocenters. The normalized spacial score (nSPS) is 10.1. The van der Waals surface area contributed by atoms with Crippen molar-refractivity contribution in [2.75, 3.05) is 24.9 Å². The lowest BCUT2D eigenvalue weighted by atomic mass is 10.2. The fourth-order valence-electron chi connectivity index (χ4n) is 1.31. The molecule has 0 aromatic carbocycles. The van der Waals surface area contributed by atoms with Gasteiger partial charge < -0.3 is 10.1 Å². The van der Waals surface area contributed by atoms with E-state index in [0.29, 0.717) is 11.8 Å². The topological polar surface area (TPSA) is 47.0 Å². The van der Waals surface area contributed by atoms with Crippen molar-refractivity contribution < 1.29 is 4.74 Å². The second-order valence-electron chi connectivity index (χ2n) is 3.45. The Kier molecular flexibility index (Phi) is 6.65. The molecule has 0 bridgehead atoms. The SMILES string of the molecule is COc1ccnc(NCCCCCCCl)n1. The molecule has 4 nitrogen and oxygen atoms in total. The molecule has 0 aliphatic heterocycles. The van der Waals surface area contributed by atoms with Gasteiger partial charge in [-0.15, -0.1) is 11.6 Å². The van der Waals surface area contributed by atoms with E-state index in [-0.39, 0.29) is 0 Å². The molecule has 0 unspecified atom stereocenters. The fraction of sp³-hybridized carbons (Fsp3) is 0.636. The third kappa shape index (κ3) is 5.16. The lowest BCUT2D eigenvalue weighted by Crippen LogP contribution is -2.05. The number of alkyl halides is 1. The lowest BCUT2D eigenvalue weighted by molar-refractivity contribution is 0.397. The summed E-state index contributed by atoms with van der Waals surface area (Å²) in [5.74, 6) is 1.96. The van der Waals surface area contributed by atoms with Crippen LogP contribution in [0.3, 0.4) is 0 Å². The van der Waals surface area contributed by atoms with Crippen molar-refractivity contribution in [3.05, 3.63) is 12.3 Å². The molecule has 1 rings (SSSR count). The van der Waals surface area contributed by atoms with Gasteiger partial charge in [-0.2, -0.15) is 4.98 Å². The zero-order valence-electron chi connectivity index (χ0n) is 9.58. The summed E-state index contributed by atoms with van der Waals surface area (Å²) in [5.41, 5.74) is 0. The molecular formula is C11H18ClN3O. The van der Waals surface area contributed by atoms with Crippen LogP contribution in [0, 0.1) is 0 Å². The number of rotatable bonds is 8. The third-order valence-corrected chi connectivity index (χ3v) is 2.45. The van der Waals surface area contributed by atoms with Crippen molar-refractivity contribution in [3.8, 4) is 5.88 Å². The van der Waals surface area contributed by atoms with Gasteiger partial charge in [0.15, 0.2) is 0 Å². The van der Waals surface area contributed by atoms with E-state index in [4.69, 9.17) is 16.3 Å². The van der Waals surface area contributed by atoms with Crippen LogP contribution in [0.2, 0.25) is 0 Å². The predicted molar refractivity (Wildman–Crippen MR) is 66.3 cm³/mol. The van der Waals surface area contributed by atoms with Gasteiger partial charge in [0, 0.05) is 24.7 Å². The quantitative estimate of drug-likeness (QED) is 0.563. The second kappa shape index (κ2) is 8.16. The summed E-state index contributed by atoms with van der Waals surface area (Å²) >= 11 is 5.59. The maximum absolute atomic E-state index is 5.59. The Labute approximate surface area is 101 Å². The van der Waals surface area contributed by atoms with Gasteiger partial charge >= 0.3 is 0 Å². The number of methoxy groups -OCH3 is 1. The Morgan fingerprint density at radius 3 is 2.88 bits per heavy atom. The zero-order valence-corrected chi connectivity index (χ0v) is 10.3. The molecule has 0 fully saturated rings. The summed E-state index contributed by atoms with van der Waals surface area (Å²) in [6, 6.07) is 1.73. The summed E-state index contributed by atoms with van der Waals surface area (Å²) in [6.45, 7) is 0.884. The van der Waals surface area contributed by atoms with Crippen LogP contribution in [0.1, 0.15) is 25.7 Å². The minimum Gasteiger partial charge on any atom is -0.481 e. The minimum absolute atomic E-state index is 0.583. The average Bonchev–Trinajstić information content (AvgIpc) is 2.34. The molecule has 0 saturated carbocycles. The summed E-state index contributed by atoms with van der Waals surface area (Å²) in [6.07, 6.45) is 6.25. The number of ether oxygens (including phenoxy) is 1. The van der Waals surface area contributed by atoms with Crippen molar-refractivity contribution in [3.63, 3.8) is 0 Å². The maximum atomic E-state index is 5.59. The highest BCUT2D eigenvalue weighted by atomic mass is 35.5. The van der Waals surface area contributed by atoms with Gasteiger partial charge in [0.1, 0.15) is 0 Å². The molecule has 1 N–H and O–H groups in total. The van der Waals surface area contributed by atoms with Crippen LogP contribution >= 0.6 is 11.6 Å². The first-order chi connectivity index (χ1) is 7.86. The fourth-order valence-corrected chi connectivity index (χ4v) is 1.50. The molecular weight excluding hydrogens is 226 g/mol. The Balaban J connectivity index is 2.16. The van der Waals surface area contributed by atoms with Crippen molar-refractivity contribution in [2.45, 2.75) is 25.7 Å². The predicted octanol–water partition coefficient (Wildman–Crippen LogP) is 2.70. The van der Waals surface area contributed by atoms with Gasteiger partial charge in [0.25, 0.3) is 0 Å². The van der Waals surface area contributed by atoms with E-state index in [1.807, 2.05) is 0 Å². The molecule has 0 spiro atoms. The molecule has 0 radical (unpaired) electrons. The number of nitrogens with one attached hydrogen (secondary N) is 1. The Hall–Kier alpha value is -1.03. The summed E-state index contributed by atoms with van der Waals surface area (Å²) in [5, 5.41) is 3.16. The zero-order chi connectivity index (χ0) is 11.6. The van der Waals surface area contributed by atoms with E-state index in [1.54, 1.807) is 19.4 Å². The van der Waals surface area contributed by atoms with E-state index >= 15 is 0 Å². The highest BCUT2D eigenvalue weighted by Gasteiger charge is 1.97. The number of anilines is 1. The average molecular weight is 244 g/mol. The molecule has 1 aromatic heterocycles. The third-order valence-electron chi connectivity index (χ3n) is 2.18. The van der Waals surface area contributed by atoms with Crippen molar-refractivity contribution >= 4 is 17.5 Å². The monoisotopic (exact) mass is 243 g/mol. The van der Waals surface area contributed by atoms with Crippen molar-refractivity contribution in [2.24, 2.45) is 0 Å². The number of hydrogen-bond donors (Lipinski definition) is 1. The van der Waals surface area contributed by atoms with Crippen LogP contribution < -0.4 is 10.1 Å². The number of nitrogens with zero attached hydrogens (tertiary/aromatic N) is 2. The lowest BCUT2D eigenvalue weighted by Gasteiger charge is -2.05. The van der Waals surface area contributed by atoms with Crippen LogP contribution in [0.5, 0.6) is 5.88 Å². The summed E-state index contributed by atoms with van der Waals surface area (Å²) < 4.78 is 5.01. The van der Waals surface area contributed by atoms with Crippen LogP contribution in [0.25, 0.3) is 0 Å². The molecule has 5 heteroatoms. The van der Waals surface area contributed by atoms with E-state index in [2.05, 4.69) is 15.3 Å². The van der Waals surface area contributed by atoms with Crippen molar-refractivity contribution in [1.29, 1.82) is 0 Å². The Morgan fingerprint density at radius 1 is 1.31 bits per heavy atom. The number of halogens is 1. The van der Waals surface area contributed by atoms with Crippen LogP contribution in [-0.2, 0) is 0 Å². The largest absolute Gasteiger partial charge is 0.481 e. The standard InChI is InChI=1S/C11H18ClN3O/c1-16-10-6-9-14-11(15-10)13-8-5-3-2-4-7-12/h6,9H,2-5,7-8H2,1H3,(H,13,14,15). The molecule has 0 aliphatic rings. The summed E-state index contributed by atoms with van der Waals surface area (Å²) in [7, 11) is 1.60. The minimum atomic E-state index is 0.583. The van der Waals surface area contributed by atoms with Gasteiger partial charge in [0.2, 0.25) is 11.8 Å². The van der Waals surface area contributed by atoms with E-state index in [1.165, 1.54) is 12.8 Å². The first-order valence-corrected chi connectivity index (χ1v) is 6.07. The molecule has 1 aromatic rings. The molecule has 0 amide bonds. The van der Waals surface area contributed by atoms with E-state index in [0.717, 1.165) is 25.3 Å². The number of hydrogen-bond acceptors (Lipinski definition) is 4. The van der Waals surface area contributed by atoms with Crippen molar-refractivity contribution in [1.82, 2.24) is 9.97 Å². The molecule has 90 valence electrons. The van der Waals surface area contributed by atoms with Crippen LogP contribution in [0.15, 0.2) is 12.3 Å². The number of aromatic nitrogens is 2. The van der Waals surface area contributed by atoms with Gasteiger partial charge in [0.05, 0.1) is 7.11 Å². The Morgan fingerprint density at radius 2 is 2.12 bits per heavy atom. The summed E-state index contributed by atoms with van der Waals surface area (Å²) in [4.78, 5) is 8.26. The first-order valence-electron chi connectivity index (χ1n) is 5.53. The second-order valence-corrected chi connectivity index (χ2v) is 3.83. The van der Waals surface area contributed by atoms with Crippen LogP contribution in [0.4, 0.5) is 5.95 Å². The molecule has 0 aliphatic carbocycles. The van der Waals surface area contributed by atoms with E-state index in [9.17, 15) is 0 Å². The Bertz CT molecular complexity index is 296. The van der Waals surface area contributed by atoms with Gasteiger partial charge in [-0.05, 0) is 12.8 Å². The highest BCUT2D eigenvalue weighted by Crippen LogP contribution is 2.07. The molecule has 16 heavy (non-hydrogen) atoms. The van der Waals surface area contributed by atoms with Gasteiger partial charge in [-0.1, -0.05) is 12.8 Å². The maximum Gasteiger partial charge on any atom is 0.225 e. The highest BCUT2D eigenvalue weighted by molar-refractivity contribution is 6.17.